The van der Waals surface area contributed by atoms with Crippen molar-refractivity contribution >= 4 is 34.8 Å². The highest BCUT2D eigenvalue weighted by molar-refractivity contribution is 6.32. The number of amides is 1. The van der Waals surface area contributed by atoms with Crippen LogP contribution in [0.2, 0.25) is 10.0 Å². The topological polar surface area (TPSA) is 56.1 Å². The van der Waals surface area contributed by atoms with Gasteiger partial charge in [-0.3, -0.25) is 4.79 Å². The lowest BCUT2D eigenvalue weighted by Gasteiger charge is -2.10. The molecule has 0 saturated heterocycles. The van der Waals surface area contributed by atoms with Crippen LogP contribution >= 0.6 is 23.2 Å². The minimum absolute atomic E-state index is 0.176. The van der Waals surface area contributed by atoms with Crippen molar-refractivity contribution in [3.8, 4) is 11.6 Å². The van der Waals surface area contributed by atoms with E-state index >= 15 is 0 Å². The largest absolute Gasteiger partial charge is 0.467 e. The Bertz CT molecular complexity index is 988. The highest BCUT2D eigenvalue weighted by Crippen LogP contribution is 2.33. The average molecular weight is 430 g/mol. The number of hydrogen-bond donors (Lipinski definition) is 1. The number of para-hydroxylation sites is 1. The molecule has 0 fully saturated rings. The predicted octanol–water partition coefficient (Wildman–Crippen LogP) is 5.22. The van der Waals surface area contributed by atoms with E-state index in [1.807, 2.05) is 0 Å². The summed E-state index contributed by atoms with van der Waals surface area (Å²) in [5.74, 6) is -0.838. The van der Waals surface area contributed by atoms with Gasteiger partial charge in [-0.25, -0.2) is 0 Å². The lowest BCUT2D eigenvalue weighted by Crippen LogP contribution is -2.21. The number of alkyl halides is 3. The van der Waals surface area contributed by atoms with Crippen LogP contribution in [0.15, 0.2) is 54.6 Å². The average Bonchev–Trinajstić information content (AvgIpc) is 3.07. The summed E-state index contributed by atoms with van der Waals surface area (Å²) in [5.41, 5.74) is -0.512. The summed E-state index contributed by atoms with van der Waals surface area (Å²) in [6.45, 7) is -0.532. The van der Waals surface area contributed by atoms with Crippen molar-refractivity contribution in [3.05, 3.63) is 70.3 Å². The summed E-state index contributed by atoms with van der Waals surface area (Å²) in [6, 6.07) is 13.2. The number of aromatic nitrogens is 2. The van der Waals surface area contributed by atoms with Gasteiger partial charge in [0.1, 0.15) is 0 Å². The number of carbonyl (C=O) groups excluding carboxylic acids is 1. The molecule has 146 valence electrons. The van der Waals surface area contributed by atoms with E-state index < -0.39 is 24.4 Å². The molecule has 0 unspecified atom stereocenters. The number of rotatable bonds is 5. The summed E-state index contributed by atoms with van der Waals surface area (Å²) < 4.78 is 45.4. The van der Waals surface area contributed by atoms with Gasteiger partial charge >= 0.3 is 6.18 Å². The Morgan fingerprint density at radius 3 is 2.43 bits per heavy atom. The molecule has 0 saturated carbocycles. The highest BCUT2D eigenvalue weighted by Gasteiger charge is 2.36. The fourth-order valence-electron chi connectivity index (χ4n) is 2.27. The highest BCUT2D eigenvalue weighted by atomic mass is 35.5. The van der Waals surface area contributed by atoms with E-state index in [0.717, 1.165) is 4.68 Å². The Balaban J connectivity index is 1.80. The molecule has 3 rings (SSSR count). The Morgan fingerprint density at radius 1 is 1.11 bits per heavy atom. The minimum atomic E-state index is -4.68. The standard InChI is InChI=1S/C18H12Cl2F3N3O2/c19-11-5-7-12(8-6-11)24-16(27)10-28-17-9-15(18(21,22)23)25-26(17)14-4-2-1-3-13(14)20/h1-9H,10H2,(H,24,27). The van der Waals surface area contributed by atoms with Gasteiger partial charge in [0.05, 0.1) is 10.7 Å². The first kappa shape index (κ1) is 20.0. The lowest BCUT2D eigenvalue weighted by atomic mass is 10.3. The summed E-state index contributed by atoms with van der Waals surface area (Å²) in [4.78, 5) is 12.0. The maximum absolute atomic E-state index is 13.1. The SMILES string of the molecule is O=C(COc1cc(C(F)(F)F)nn1-c1ccccc1Cl)Nc1ccc(Cl)cc1. The van der Waals surface area contributed by atoms with Gasteiger partial charge < -0.3 is 10.1 Å². The maximum Gasteiger partial charge on any atom is 0.435 e. The zero-order valence-electron chi connectivity index (χ0n) is 14.0. The Labute approximate surface area is 167 Å². The minimum Gasteiger partial charge on any atom is -0.467 e. The first-order valence-electron chi connectivity index (χ1n) is 7.84. The molecular formula is C18H12Cl2F3N3O2. The number of nitrogens with one attached hydrogen (secondary N) is 1. The monoisotopic (exact) mass is 429 g/mol. The third-order valence-corrected chi connectivity index (χ3v) is 4.10. The molecule has 0 aliphatic rings. The molecule has 0 bridgehead atoms. The molecule has 0 aliphatic heterocycles. The smallest absolute Gasteiger partial charge is 0.435 e. The van der Waals surface area contributed by atoms with Crippen molar-refractivity contribution in [2.75, 3.05) is 11.9 Å². The molecule has 0 spiro atoms. The van der Waals surface area contributed by atoms with Crippen molar-refractivity contribution in [3.63, 3.8) is 0 Å². The molecule has 28 heavy (non-hydrogen) atoms. The second-order valence-electron chi connectivity index (χ2n) is 5.57. The number of ether oxygens (including phenoxy) is 1. The first-order chi connectivity index (χ1) is 13.2. The Morgan fingerprint density at radius 2 is 1.79 bits per heavy atom. The maximum atomic E-state index is 13.1. The number of carbonyl (C=O) groups is 1. The van der Waals surface area contributed by atoms with Crippen molar-refractivity contribution in [1.82, 2.24) is 9.78 Å². The number of anilines is 1. The van der Waals surface area contributed by atoms with E-state index in [9.17, 15) is 18.0 Å². The van der Waals surface area contributed by atoms with Crippen LogP contribution in [-0.2, 0) is 11.0 Å². The normalized spacial score (nSPS) is 11.3. The van der Waals surface area contributed by atoms with Crippen LogP contribution in [0.25, 0.3) is 5.69 Å². The van der Waals surface area contributed by atoms with Crippen molar-refractivity contribution in [1.29, 1.82) is 0 Å². The molecule has 3 aromatic rings. The molecule has 1 N–H and O–H groups in total. The van der Waals surface area contributed by atoms with Gasteiger partial charge in [-0.2, -0.15) is 23.0 Å². The molecule has 1 heterocycles. The van der Waals surface area contributed by atoms with Crippen LogP contribution in [0, 0.1) is 0 Å². The summed E-state index contributed by atoms with van der Waals surface area (Å²) in [6.07, 6.45) is -4.68. The number of nitrogens with zero attached hydrogens (tertiary/aromatic N) is 2. The van der Waals surface area contributed by atoms with Gasteiger partial charge in [0.2, 0.25) is 5.88 Å². The molecule has 1 aromatic heterocycles. The number of benzene rings is 2. The Hall–Kier alpha value is -2.71. The van der Waals surface area contributed by atoms with E-state index in [1.165, 1.54) is 12.1 Å². The molecule has 5 nitrogen and oxygen atoms in total. The number of hydrogen-bond acceptors (Lipinski definition) is 3. The fourth-order valence-corrected chi connectivity index (χ4v) is 2.61. The van der Waals surface area contributed by atoms with Crippen molar-refractivity contribution in [2.45, 2.75) is 6.18 Å². The van der Waals surface area contributed by atoms with E-state index in [1.54, 1.807) is 36.4 Å². The summed E-state index contributed by atoms with van der Waals surface area (Å²) in [5, 5.41) is 6.74. The molecular weight excluding hydrogens is 418 g/mol. The fraction of sp³-hybridized carbons (Fsp3) is 0.111. The number of halogens is 5. The van der Waals surface area contributed by atoms with Gasteiger partial charge in [-0.15, -0.1) is 0 Å². The van der Waals surface area contributed by atoms with E-state index in [0.29, 0.717) is 16.8 Å². The molecule has 0 atom stereocenters. The van der Waals surface area contributed by atoms with Crippen LogP contribution in [-0.4, -0.2) is 22.3 Å². The van der Waals surface area contributed by atoms with Gasteiger partial charge in [-0.05, 0) is 36.4 Å². The third-order valence-electron chi connectivity index (χ3n) is 3.53. The van der Waals surface area contributed by atoms with Crippen LogP contribution in [0.1, 0.15) is 5.69 Å². The summed E-state index contributed by atoms with van der Waals surface area (Å²) in [7, 11) is 0. The summed E-state index contributed by atoms with van der Waals surface area (Å²) >= 11 is 11.8. The van der Waals surface area contributed by atoms with Gasteiger partial charge in [0.15, 0.2) is 12.3 Å². The van der Waals surface area contributed by atoms with Crippen LogP contribution < -0.4 is 10.1 Å². The van der Waals surface area contributed by atoms with E-state index in [2.05, 4.69) is 10.4 Å². The molecule has 2 aromatic carbocycles. The second kappa shape index (κ2) is 8.12. The van der Waals surface area contributed by atoms with Gasteiger partial charge in [-0.1, -0.05) is 35.3 Å². The van der Waals surface area contributed by atoms with E-state index in [4.69, 9.17) is 27.9 Å². The van der Waals surface area contributed by atoms with Crippen LogP contribution in [0.4, 0.5) is 18.9 Å². The second-order valence-corrected chi connectivity index (χ2v) is 6.42. The molecule has 0 aliphatic carbocycles. The van der Waals surface area contributed by atoms with Gasteiger partial charge in [0, 0.05) is 16.8 Å². The van der Waals surface area contributed by atoms with Crippen molar-refractivity contribution in [2.24, 2.45) is 0 Å². The molecule has 0 radical (unpaired) electrons. The zero-order valence-corrected chi connectivity index (χ0v) is 15.5. The van der Waals surface area contributed by atoms with E-state index in [-0.39, 0.29) is 16.6 Å². The first-order valence-corrected chi connectivity index (χ1v) is 8.60. The van der Waals surface area contributed by atoms with Crippen molar-refractivity contribution < 1.29 is 22.7 Å². The molecule has 1 amide bonds. The molecule has 10 heteroatoms. The van der Waals surface area contributed by atoms with Crippen LogP contribution in [0.5, 0.6) is 5.88 Å². The predicted molar refractivity (Wildman–Crippen MR) is 99.2 cm³/mol. The van der Waals surface area contributed by atoms with Gasteiger partial charge in [0.25, 0.3) is 5.91 Å². The third kappa shape index (κ3) is 4.76. The quantitative estimate of drug-likeness (QED) is 0.605. The Kier molecular flexibility index (Phi) is 5.81. The zero-order chi connectivity index (χ0) is 20.3. The lowest BCUT2D eigenvalue weighted by molar-refractivity contribution is -0.141. The van der Waals surface area contributed by atoms with Crippen LogP contribution in [0.3, 0.4) is 0 Å².